The summed E-state index contributed by atoms with van der Waals surface area (Å²) in [5, 5.41) is 237. The number of carbonyl (C=O) groups excluding carboxylic acids is 2. The zero-order valence-corrected chi connectivity index (χ0v) is 50.1. The lowest BCUT2D eigenvalue weighted by atomic mass is 9.81. The molecule has 23 N–H and O–H groups in total. The van der Waals surface area contributed by atoms with Crippen molar-refractivity contribution in [2.45, 2.75) is 241 Å². The van der Waals surface area contributed by atoms with Gasteiger partial charge < -0.3 is 184 Å². The fourth-order valence-corrected chi connectivity index (χ4v) is 11.7. The highest BCUT2D eigenvalue weighted by atomic mass is 16.8. The molecule has 36 unspecified atom stereocenters. The molecule has 0 aliphatic carbocycles. The molecule has 1 aromatic rings. The smallest absolute Gasteiger partial charge is 0.288 e. The van der Waals surface area contributed by atoms with E-state index < -0.39 is 284 Å². The zero-order valence-electron chi connectivity index (χ0n) is 50.1. The molecule has 8 aliphatic rings. The highest BCUT2D eigenvalue weighted by Gasteiger charge is 2.55. The van der Waals surface area contributed by atoms with Gasteiger partial charge in [0.05, 0.1) is 51.7 Å². The largest absolute Gasteiger partial charge is 0.462 e. The maximum atomic E-state index is 12.3. The molecular formula is C55H85NO38. The van der Waals surface area contributed by atoms with Crippen LogP contribution in [0.2, 0.25) is 0 Å². The van der Waals surface area contributed by atoms with E-state index in [0.29, 0.717) is 12.0 Å². The minimum atomic E-state index is -2.07. The number of rotatable bonds is 23. The predicted octanol–water partition coefficient (Wildman–Crippen LogP) is -14.6. The fraction of sp³-hybridized carbons (Fsp3) is 0.855. The van der Waals surface area contributed by atoms with Crippen molar-refractivity contribution in [2.75, 3.05) is 46.2 Å². The number of nitrogens with one attached hydrogen (secondary N) is 1. The van der Waals surface area contributed by atoms with E-state index in [1.54, 1.807) is 26.0 Å². The van der Waals surface area contributed by atoms with Crippen LogP contribution < -0.4 is 10.1 Å². The van der Waals surface area contributed by atoms with Gasteiger partial charge >= 0.3 is 0 Å². The Bertz CT molecular complexity index is 2580. The van der Waals surface area contributed by atoms with Gasteiger partial charge in [-0.2, -0.15) is 0 Å². The molecule has 8 heterocycles. The number of benzene rings is 1. The number of hydrogen-bond donors (Lipinski definition) is 23. The first-order chi connectivity index (χ1) is 44.3. The highest BCUT2D eigenvalue weighted by Crippen LogP contribution is 2.35. The number of carbonyl (C=O) groups is 2. The number of aliphatic hydroxyl groups is 22. The molecule has 8 aliphatic heterocycles. The number of Topliss-reactive ketones (excluding diaryl/α,β-unsaturated/α-hetero) is 1. The Labute approximate surface area is 532 Å². The van der Waals surface area contributed by atoms with Crippen molar-refractivity contribution in [2.24, 2.45) is 5.41 Å². The summed E-state index contributed by atoms with van der Waals surface area (Å²) in [6.07, 6.45) is -64.5. The molecule has 8 saturated heterocycles. The first kappa shape index (κ1) is 75.0. The summed E-state index contributed by atoms with van der Waals surface area (Å²) in [5.41, 5.74) is -0.248. The SMILES string of the molecule is CC1(C)C(=O)C(=O)NC1Cc1ccc(OC2OC(COC3OC(COC4OC(COC5OC(COC6OC(COC7OC(COC8OC(CO)C(O)C(O)C8O)C(O)C(O)C7O)C(O)C(O)C6O)C(O)C(O)C5O)C(O)C(O)C4O)C(O)C(O)C3O)C(O)C(O)C2O)cc1. The van der Waals surface area contributed by atoms with Crippen molar-refractivity contribution >= 4 is 11.7 Å². The molecule has 1 aromatic carbocycles. The lowest BCUT2D eigenvalue weighted by molar-refractivity contribution is -0.353. The standard InChI is InChI=1S/C55H85NO38/c1-55(2)24(56-47(80)46(55)79)7-15-3-5-16(6-4-15)87-54-45(78)38(71)31(64)23(94-54)14-86-53-44(77)37(70)30(63)22(93-53)13-85-52-43(76)36(69)29(62)21(92-52)12-84-51-42(75)35(68)28(61)20(91-51)11-83-50-41(74)34(67)27(60)19(90-50)10-82-49-40(73)33(66)26(59)18(89-49)9-81-48-39(72)32(65)25(58)17(8-57)88-48/h3-6,17-45,48-54,57-78H,7-14H2,1-2H3,(H,56,80). The van der Waals surface area contributed by atoms with E-state index >= 15 is 0 Å². The van der Waals surface area contributed by atoms with E-state index in [0.717, 1.165) is 0 Å². The summed E-state index contributed by atoms with van der Waals surface area (Å²) >= 11 is 0. The van der Waals surface area contributed by atoms with Gasteiger partial charge in [0.2, 0.25) is 12.1 Å². The second kappa shape index (κ2) is 31.5. The second-order valence-electron chi connectivity index (χ2n) is 24.8. The molecule has 36 atom stereocenters. The topological polar surface area (TPSA) is 620 Å². The van der Waals surface area contributed by atoms with E-state index in [9.17, 15) is 122 Å². The molecule has 39 heteroatoms. The fourth-order valence-electron chi connectivity index (χ4n) is 11.7. The van der Waals surface area contributed by atoms with Gasteiger partial charge in [0, 0.05) is 6.04 Å². The Balaban J connectivity index is 0.744. The average Bonchev–Trinajstić information content (AvgIpc) is 1.46. The summed E-state index contributed by atoms with van der Waals surface area (Å²) in [5.74, 6) is -1.10. The molecule has 39 nitrogen and oxygen atoms in total. The van der Waals surface area contributed by atoms with Crippen LogP contribution in [-0.2, 0) is 77.6 Å². The van der Waals surface area contributed by atoms with Gasteiger partial charge in [-0.1, -0.05) is 26.0 Å². The van der Waals surface area contributed by atoms with Crippen molar-refractivity contribution in [3.63, 3.8) is 0 Å². The molecule has 8 fully saturated rings. The summed E-state index contributed by atoms with van der Waals surface area (Å²) in [6.45, 7) is -2.27. The number of amides is 1. The molecule has 9 rings (SSSR count). The molecular weight excluding hydrogens is 1280 g/mol. The number of ketones is 1. The number of ether oxygens (including phenoxy) is 14. The van der Waals surface area contributed by atoms with Gasteiger partial charge in [-0.05, 0) is 24.1 Å². The van der Waals surface area contributed by atoms with Crippen LogP contribution in [0.25, 0.3) is 0 Å². The zero-order chi connectivity index (χ0) is 68.7. The normalized spacial score (nSPS) is 48.5. The molecule has 1 amide bonds. The van der Waals surface area contributed by atoms with Gasteiger partial charge in [-0.3, -0.25) is 9.59 Å². The van der Waals surface area contributed by atoms with E-state index in [1.165, 1.54) is 12.1 Å². The molecule has 0 radical (unpaired) electrons. The van der Waals surface area contributed by atoms with Gasteiger partial charge in [-0.15, -0.1) is 0 Å². The third-order valence-corrected chi connectivity index (χ3v) is 18.0. The van der Waals surface area contributed by atoms with Crippen molar-refractivity contribution in [1.82, 2.24) is 5.32 Å². The molecule has 538 valence electrons. The van der Waals surface area contributed by atoms with Gasteiger partial charge in [0.15, 0.2) is 37.7 Å². The molecule has 0 spiro atoms. The predicted molar refractivity (Wildman–Crippen MR) is 291 cm³/mol. The quantitative estimate of drug-likeness (QED) is 0.0452. The lowest BCUT2D eigenvalue weighted by Gasteiger charge is -2.45. The van der Waals surface area contributed by atoms with Gasteiger partial charge in [-0.25, -0.2) is 0 Å². The lowest BCUT2D eigenvalue weighted by Crippen LogP contribution is -2.63. The molecule has 94 heavy (non-hydrogen) atoms. The van der Waals surface area contributed by atoms with Crippen LogP contribution in [-0.4, -0.2) is 391 Å². The van der Waals surface area contributed by atoms with E-state index in [4.69, 9.17) is 66.3 Å². The Morgan fingerprint density at radius 2 is 0.574 bits per heavy atom. The summed E-state index contributed by atoms with van der Waals surface area (Å²) in [4.78, 5) is 24.3. The van der Waals surface area contributed by atoms with Crippen LogP contribution in [0.5, 0.6) is 5.75 Å². The van der Waals surface area contributed by atoms with E-state index in [-0.39, 0.29) is 5.75 Å². The Morgan fingerprint density at radius 3 is 0.819 bits per heavy atom. The van der Waals surface area contributed by atoms with Crippen molar-refractivity contribution in [3.8, 4) is 5.75 Å². The summed E-state index contributed by atoms with van der Waals surface area (Å²) in [7, 11) is 0. The van der Waals surface area contributed by atoms with Gasteiger partial charge in [0.1, 0.15) is 177 Å². The third kappa shape index (κ3) is 16.0. The monoisotopic (exact) mass is 1370 g/mol. The minimum absolute atomic E-state index is 0.130. The summed E-state index contributed by atoms with van der Waals surface area (Å²) < 4.78 is 78.4. The maximum absolute atomic E-state index is 12.3. The second-order valence-corrected chi connectivity index (χ2v) is 24.8. The highest BCUT2D eigenvalue weighted by molar-refractivity contribution is 6.40. The van der Waals surface area contributed by atoms with E-state index in [2.05, 4.69) is 5.32 Å². The van der Waals surface area contributed by atoms with Crippen LogP contribution in [0.1, 0.15) is 19.4 Å². The van der Waals surface area contributed by atoms with Crippen LogP contribution >= 0.6 is 0 Å². The van der Waals surface area contributed by atoms with Crippen LogP contribution in [0.4, 0.5) is 0 Å². The van der Waals surface area contributed by atoms with Crippen LogP contribution in [0, 0.1) is 5.41 Å². The Hall–Kier alpha value is -3.24. The van der Waals surface area contributed by atoms with E-state index in [1.807, 2.05) is 0 Å². The Kier molecular flexibility index (Phi) is 25.1. The first-order valence-corrected chi connectivity index (χ1v) is 30.1. The third-order valence-electron chi connectivity index (χ3n) is 18.0. The van der Waals surface area contributed by atoms with Crippen molar-refractivity contribution in [1.29, 1.82) is 0 Å². The number of hydrogen-bond acceptors (Lipinski definition) is 38. The average molecular weight is 1370 g/mol. The minimum Gasteiger partial charge on any atom is -0.462 e. The molecule has 0 aromatic heterocycles. The summed E-state index contributed by atoms with van der Waals surface area (Å²) in [6, 6.07) is 5.77. The first-order valence-electron chi connectivity index (χ1n) is 30.1. The molecule has 0 bridgehead atoms. The van der Waals surface area contributed by atoms with Crippen molar-refractivity contribution < 1.29 is 188 Å². The maximum Gasteiger partial charge on any atom is 0.288 e. The van der Waals surface area contributed by atoms with Crippen molar-refractivity contribution in [3.05, 3.63) is 29.8 Å². The van der Waals surface area contributed by atoms with Gasteiger partial charge in [0.25, 0.3) is 5.91 Å². The molecule has 0 saturated carbocycles. The van der Waals surface area contributed by atoms with Crippen LogP contribution in [0.15, 0.2) is 24.3 Å². The number of aliphatic hydroxyl groups excluding tert-OH is 22. The Morgan fingerprint density at radius 1 is 0.340 bits per heavy atom. The van der Waals surface area contributed by atoms with Crippen LogP contribution in [0.3, 0.4) is 0 Å².